The minimum Gasteiger partial charge on any atom is -0.510 e. The van der Waals surface area contributed by atoms with Crippen molar-refractivity contribution in [1.29, 1.82) is 5.26 Å². The lowest BCUT2D eigenvalue weighted by Gasteiger charge is -2.50. The van der Waals surface area contributed by atoms with Gasteiger partial charge < -0.3 is 26.2 Å². The molecule has 0 saturated carbocycles. The number of nitriles is 1. The van der Waals surface area contributed by atoms with Gasteiger partial charge in [0.25, 0.3) is 5.91 Å². The summed E-state index contributed by atoms with van der Waals surface area (Å²) < 4.78 is 0. The van der Waals surface area contributed by atoms with Crippen LogP contribution < -0.4 is 5.73 Å². The van der Waals surface area contributed by atoms with Crippen molar-refractivity contribution >= 4 is 23.5 Å². The first-order valence-electron chi connectivity index (χ1n) is 12.6. The molecule has 1 amide bonds. The molecule has 10 heteroatoms. The zero-order valence-electron chi connectivity index (χ0n) is 21.8. The Morgan fingerprint density at radius 2 is 1.90 bits per heavy atom. The number of ketones is 2. The molecule has 4 atom stereocenters. The number of Topliss-reactive ketones (excluding diaryl/α,β-unsaturated/α-hetero) is 2. The highest BCUT2D eigenvalue weighted by Gasteiger charge is 2.63. The van der Waals surface area contributed by atoms with Gasteiger partial charge in [0.05, 0.1) is 17.7 Å². The molecule has 0 radical (unpaired) electrons. The fraction of sp³-hybridized carbons (Fsp3) is 0.267. The molecule has 40 heavy (non-hydrogen) atoms. The Morgan fingerprint density at radius 3 is 2.55 bits per heavy atom. The summed E-state index contributed by atoms with van der Waals surface area (Å²) in [4.78, 5) is 40.9. The van der Waals surface area contributed by atoms with Crippen LogP contribution in [0.25, 0.3) is 17.2 Å². The number of aliphatic hydroxyl groups is 3. The van der Waals surface area contributed by atoms with Crippen LogP contribution in [-0.2, 0) is 16.0 Å². The van der Waals surface area contributed by atoms with Gasteiger partial charge in [0.15, 0.2) is 11.4 Å². The first-order valence-corrected chi connectivity index (χ1v) is 12.6. The maximum absolute atomic E-state index is 13.9. The van der Waals surface area contributed by atoms with Gasteiger partial charge >= 0.3 is 0 Å². The summed E-state index contributed by atoms with van der Waals surface area (Å²) in [5.74, 6) is -6.90. The number of carbonyl (C=O) groups excluding carboxylic acids is 3. The van der Waals surface area contributed by atoms with Gasteiger partial charge in [0.2, 0.25) is 5.78 Å². The summed E-state index contributed by atoms with van der Waals surface area (Å²) in [6.07, 6.45) is 3.17. The molecular weight excluding hydrogens is 514 g/mol. The van der Waals surface area contributed by atoms with Gasteiger partial charge in [0, 0.05) is 17.6 Å². The molecule has 6 N–H and O–H groups in total. The van der Waals surface area contributed by atoms with E-state index in [4.69, 9.17) is 11.0 Å². The zero-order chi connectivity index (χ0) is 29.1. The number of aliphatic hydroxyl groups excluding tert-OH is 2. The SMILES string of the molecule is CN(C)C1C(O)=C(C(N)=O)C(=O)[C@@]2(O)C(O)=C3C(=O)c4c(O)ccc(-c5cccc(/C=C/C#N)c5)c4C[C@H]3C[C@@H]12. The number of nitrogens with two attached hydrogens (primary N) is 1. The van der Waals surface area contributed by atoms with E-state index in [0.717, 1.165) is 11.1 Å². The number of fused-ring (bicyclic) bond motifs is 3. The van der Waals surface area contributed by atoms with Crippen LogP contribution in [0.15, 0.2) is 65.1 Å². The molecule has 2 aromatic rings. The number of hydrogen-bond donors (Lipinski definition) is 5. The largest absolute Gasteiger partial charge is 0.510 e. The number of nitrogens with zero attached hydrogens (tertiary/aromatic N) is 2. The van der Waals surface area contributed by atoms with E-state index >= 15 is 0 Å². The number of primary amides is 1. The Bertz CT molecular complexity index is 1630. The number of hydrogen-bond acceptors (Lipinski definition) is 9. The van der Waals surface area contributed by atoms with Crippen molar-refractivity contribution in [2.45, 2.75) is 24.5 Å². The third kappa shape index (κ3) is 3.74. The molecule has 0 aliphatic heterocycles. The van der Waals surface area contributed by atoms with Crippen molar-refractivity contribution < 1.29 is 34.8 Å². The summed E-state index contributed by atoms with van der Waals surface area (Å²) in [5, 5.41) is 53.6. The molecule has 0 spiro atoms. The highest BCUT2D eigenvalue weighted by atomic mass is 16.3. The lowest BCUT2D eigenvalue weighted by molar-refractivity contribution is -0.148. The van der Waals surface area contributed by atoms with E-state index in [0.29, 0.717) is 11.1 Å². The quantitative estimate of drug-likeness (QED) is 0.286. The average molecular weight is 542 g/mol. The first kappa shape index (κ1) is 26.9. The molecule has 10 nitrogen and oxygen atoms in total. The summed E-state index contributed by atoms with van der Waals surface area (Å²) in [5.41, 5.74) is 4.25. The second kappa shape index (κ2) is 9.48. The van der Waals surface area contributed by atoms with Crippen LogP contribution >= 0.6 is 0 Å². The van der Waals surface area contributed by atoms with E-state index in [1.165, 1.54) is 17.0 Å². The predicted octanol–water partition coefficient (Wildman–Crippen LogP) is 2.32. The molecule has 0 saturated heterocycles. The predicted molar refractivity (Wildman–Crippen MR) is 144 cm³/mol. The number of rotatable bonds is 4. The highest BCUT2D eigenvalue weighted by molar-refractivity contribution is 6.24. The van der Waals surface area contributed by atoms with Crippen LogP contribution in [0, 0.1) is 23.2 Å². The molecule has 1 unspecified atom stereocenters. The molecule has 3 aliphatic carbocycles. The molecule has 0 aromatic heterocycles. The van der Waals surface area contributed by atoms with Crippen LogP contribution in [0.3, 0.4) is 0 Å². The molecule has 0 bridgehead atoms. The highest BCUT2D eigenvalue weighted by Crippen LogP contribution is 2.53. The minimum absolute atomic E-state index is 0.00576. The van der Waals surface area contributed by atoms with Crippen molar-refractivity contribution in [2.75, 3.05) is 14.1 Å². The molecule has 0 fully saturated rings. The summed E-state index contributed by atoms with van der Waals surface area (Å²) in [7, 11) is 3.16. The van der Waals surface area contributed by atoms with Gasteiger partial charge in [0.1, 0.15) is 22.8 Å². The van der Waals surface area contributed by atoms with Crippen LogP contribution in [0.4, 0.5) is 0 Å². The van der Waals surface area contributed by atoms with Crippen molar-refractivity contribution in [3.63, 3.8) is 0 Å². The van der Waals surface area contributed by atoms with Gasteiger partial charge in [-0.15, -0.1) is 0 Å². The molecule has 0 heterocycles. The van der Waals surface area contributed by atoms with E-state index in [1.54, 1.807) is 32.3 Å². The first-order chi connectivity index (χ1) is 18.9. The molecule has 2 aromatic carbocycles. The van der Waals surface area contributed by atoms with E-state index in [-0.39, 0.29) is 29.7 Å². The summed E-state index contributed by atoms with van der Waals surface area (Å²) in [6, 6.07) is 11.2. The summed E-state index contributed by atoms with van der Waals surface area (Å²) >= 11 is 0. The normalized spacial score (nSPS) is 26.0. The summed E-state index contributed by atoms with van der Waals surface area (Å²) in [6.45, 7) is 0. The number of likely N-dealkylation sites (N-methyl/N-ethyl adjacent to an activating group) is 1. The van der Waals surface area contributed by atoms with Gasteiger partial charge in [-0.3, -0.25) is 19.3 Å². The fourth-order valence-electron chi connectivity index (χ4n) is 6.46. The Kier molecular flexibility index (Phi) is 6.37. The van der Waals surface area contributed by atoms with Crippen molar-refractivity contribution in [3.8, 4) is 22.9 Å². The molecule has 204 valence electrons. The molecule has 5 rings (SSSR count). The number of phenols is 1. The van der Waals surface area contributed by atoms with Crippen molar-refractivity contribution in [1.82, 2.24) is 4.90 Å². The Morgan fingerprint density at radius 1 is 1.18 bits per heavy atom. The lowest BCUT2D eigenvalue weighted by Crippen LogP contribution is -2.63. The van der Waals surface area contributed by atoms with E-state index in [9.17, 15) is 34.8 Å². The second-order valence-electron chi connectivity index (χ2n) is 10.5. The Balaban J connectivity index is 1.70. The van der Waals surface area contributed by atoms with Crippen molar-refractivity contribution in [2.24, 2.45) is 17.6 Å². The van der Waals surface area contributed by atoms with Gasteiger partial charge in [-0.25, -0.2) is 0 Å². The smallest absolute Gasteiger partial charge is 0.255 e. The topological polar surface area (TPSA) is 185 Å². The van der Waals surface area contributed by atoms with Gasteiger partial charge in [-0.1, -0.05) is 24.3 Å². The van der Waals surface area contributed by atoms with Gasteiger partial charge in [-0.2, -0.15) is 5.26 Å². The molecular formula is C30H27N3O7. The number of phenolic OH excluding ortho intramolecular Hbond substituents is 1. The Hall–Kier alpha value is -4.72. The minimum atomic E-state index is -2.68. The number of allylic oxidation sites excluding steroid dienone is 2. The van der Waals surface area contributed by atoms with Crippen LogP contribution in [0.5, 0.6) is 5.75 Å². The maximum Gasteiger partial charge on any atom is 0.255 e. The number of carbonyl (C=O) groups is 3. The van der Waals surface area contributed by atoms with Gasteiger partial charge in [-0.05, 0) is 73.3 Å². The maximum atomic E-state index is 13.9. The van der Waals surface area contributed by atoms with E-state index < -0.39 is 58.0 Å². The average Bonchev–Trinajstić information content (AvgIpc) is 2.89. The van der Waals surface area contributed by atoms with Crippen LogP contribution in [0.1, 0.15) is 27.9 Å². The third-order valence-corrected chi connectivity index (χ3v) is 8.15. The molecule has 3 aliphatic rings. The van der Waals surface area contributed by atoms with E-state index in [1.807, 2.05) is 24.3 Å². The monoisotopic (exact) mass is 541 g/mol. The third-order valence-electron chi connectivity index (χ3n) is 8.15. The number of amides is 1. The van der Waals surface area contributed by atoms with Crippen LogP contribution in [-0.4, -0.2) is 68.5 Å². The van der Waals surface area contributed by atoms with E-state index in [2.05, 4.69) is 0 Å². The fourth-order valence-corrected chi connectivity index (χ4v) is 6.46. The number of benzene rings is 2. The van der Waals surface area contributed by atoms with Crippen molar-refractivity contribution in [3.05, 3.63) is 81.8 Å². The zero-order valence-corrected chi connectivity index (χ0v) is 21.8. The Labute approximate surface area is 229 Å². The standard InChI is InChI=1S/C30H27N3O7/c1-33(2)24-19-13-16-12-18-17(15-7-3-5-14(11-15)6-4-10-31)8-9-20(34)22(18)25(35)21(16)27(37)30(19,40)28(38)23(26(24)36)29(32)39/h3-9,11,16,19,24,34,36-37,40H,12-13H2,1-2H3,(H2,32,39)/b6-4+/t16-,19-,24?,30-/m0/s1. The second-order valence-corrected chi connectivity index (χ2v) is 10.5. The lowest BCUT2D eigenvalue weighted by atomic mass is 9.58. The van der Waals surface area contributed by atoms with Crippen LogP contribution in [0.2, 0.25) is 0 Å². The number of aromatic hydroxyl groups is 1.